The van der Waals surface area contributed by atoms with Crippen molar-refractivity contribution in [2.24, 2.45) is 11.8 Å². The molecule has 2 aliphatic heterocycles. The molecule has 0 unspecified atom stereocenters. The molecule has 6 nitrogen and oxygen atoms in total. The summed E-state index contributed by atoms with van der Waals surface area (Å²) in [5.41, 5.74) is 2.37. The Morgan fingerprint density at radius 1 is 1.04 bits per heavy atom. The van der Waals surface area contributed by atoms with Crippen molar-refractivity contribution in [3.05, 3.63) is 71.3 Å². The molecule has 6 heteroatoms. The summed E-state index contributed by atoms with van der Waals surface area (Å²) in [5, 5.41) is 2.77. The third kappa shape index (κ3) is 3.43. The Morgan fingerprint density at radius 3 is 2.57 bits per heavy atom. The number of carbonyl (C=O) groups is 3. The molecular formula is C22H21NO5. The number of rotatable bonds is 6. The van der Waals surface area contributed by atoms with Crippen molar-refractivity contribution >= 4 is 18.2 Å². The van der Waals surface area contributed by atoms with Gasteiger partial charge in [-0.05, 0) is 11.1 Å². The number of hydrogen-bond acceptors (Lipinski definition) is 5. The zero-order valence-corrected chi connectivity index (χ0v) is 15.2. The summed E-state index contributed by atoms with van der Waals surface area (Å²) in [6.07, 6.45) is -0.468. The molecule has 1 amide bonds. The van der Waals surface area contributed by atoms with Gasteiger partial charge in [0.25, 0.3) is 0 Å². The SMILES string of the molecule is O=CC[C@@H]1[C@@H](CNC(=O)OCc2ccccc2)[C@H]2O[C@@H]1C(=O)c1ccccc12. The second-order valence-corrected chi connectivity index (χ2v) is 7.10. The van der Waals surface area contributed by atoms with Crippen LogP contribution in [0.2, 0.25) is 0 Å². The topological polar surface area (TPSA) is 81.7 Å². The van der Waals surface area contributed by atoms with E-state index in [-0.39, 0.29) is 43.3 Å². The number of carbonyl (C=O) groups excluding carboxylic acids is 3. The van der Waals surface area contributed by atoms with E-state index >= 15 is 0 Å². The molecule has 1 saturated heterocycles. The van der Waals surface area contributed by atoms with Crippen LogP contribution in [0.3, 0.4) is 0 Å². The first kappa shape index (κ1) is 18.4. The van der Waals surface area contributed by atoms with Crippen molar-refractivity contribution in [2.45, 2.75) is 25.2 Å². The van der Waals surface area contributed by atoms with Gasteiger partial charge in [-0.15, -0.1) is 0 Å². The highest BCUT2D eigenvalue weighted by Crippen LogP contribution is 2.49. The molecule has 0 radical (unpaired) electrons. The van der Waals surface area contributed by atoms with Crippen LogP contribution in [0.5, 0.6) is 0 Å². The van der Waals surface area contributed by atoms with Crippen molar-refractivity contribution in [3.63, 3.8) is 0 Å². The van der Waals surface area contributed by atoms with Gasteiger partial charge in [0.1, 0.15) is 19.0 Å². The lowest BCUT2D eigenvalue weighted by Gasteiger charge is -2.24. The predicted molar refractivity (Wildman–Crippen MR) is 101 cm³/mol. The quantitative estimate of drug-likeness (QED) is 0.780. The normalized spacial score (nSPS) is 25.1. The minimum absolute atomic E-state index is 0.0899. The van der Waals surface area contributed by atoms with Crippen LogP contribution in [-0.2, 0) is 20.9 Å². The largest absolute Gasteiger partial charge is 0.445 e. The number of aldehydes is 1. The predicted octanol–water partition coefficient (Wildman–Crippen LogP) is 3.07. The van der Waals surface area contributed by atoms with Crippen molar-refractivity contribution in [1.29, 1.82) is 0 Å². The van der Waals surface area contributed by atoms with Crippen molar-refractivity contribution in [1.82, 2.24) is 5.32 Å². The lowest BCUT2D eigenvalue weighted by Crippen LogP contribution is -2.35. The van der Waals surface area contributed by atoms with Gasteiger partial charge in [0, 0.05) is 30.4 Å². The lowest BCUT2D eigenvalue weighted by atomic mass is 9.84. The van der Waals surface area contributed by atoms with E-state index in [9.17, 15) is 14.4 Å². The number of Topliss-reactive ketones (excluding diaryl/α,β-unsaturated/α-hetero) is 1. The number of amides is 1. The highest BCUT2D eigenvalue weighted by Gasteiger charge is 2.52. The Kier molecular flexibility index (Phi) is 5.21. The van der Waals surface area contributed by atoms with Crippen LogP contribution in [0.4, 0.5) is 4.79 Å². The number of ether oxygens (including phenoxy) is 2. The molecule has 2 bridgehead atoms. The van der Waals surface area contributed by atoms with E-state index < -0.39 is 12.2 Å². The smallest absolute Gasteiger partial charge is 0.407 e. The molecule has 1 N–H and O–H groups in total. The first-order chi connectivity index (χ1) is 13.7. The Hall–Kier alpha value is -2.99. The van der Waals surface area contributed by atoms with Gasteiger partial charge < -0.3 is 19.6 Å². The van der Waals surface area contributed by atoms with Gasteiger partial charge in [-0.3, -0.25) is 4.79 Å². The maximum absolute atomic E-state index is 12.7. The van der Waals surface area contributed by atoms with Crippen LogP contribution in [0.15, 0.2) is 54.6 Å². The molecule has 1 fully saturated rings. The third-order valence-corrected chi connectivity index (χ3v) is 5.48. The molecular weight excluding hydrogens is 358 g/mol. The molecule has 2 aliphatic rings. The number of benzene rings is 2. The summed E-state index contributed by atoms with van der Waals surface area (Å²) in [5.74, 6) is -0.531. The van der Waals surface area contributed by atoms with E-state index in [1.807, 2.05) is 48.5 Å². The van der Waals surface area contributed by atoms with E-state index in [4.69, 9.17) is 9.47 Å². The maximum atomic E-state index is 12.7. The Balaban J connectivity index is 1.44. The number of nitrogens with one attached hydrogen (secondary N) is 1. The summed E-state index contributed by atoms with van der Waals surface area (Å²) in [7, 11) is 0. The lowest BCUT2D eigenvalue weighted by molar-refractivity contribution is -0.109. The van der Waals surface area contributed by atoms with Gasteiger partial charge in [0.05, 0.1) is 6.10 Å². The summed E-state index contributed by atoms with van der Waals surface area (Å²) < 4.78 is 11.2. The average molecular weight is 379 g/mol. The fourth-order valence-electron chi connectivity index (χ4n) is 4.13. The first-order valence-corrected chi connectivity index (χ1v) is 9.36. The van der Waals surface area contributed by atoms with E-state index in [1.54, 1.807) is 6.07 Å². The minimum Gasteiger partial charge on any atom is -0.445 e. The van der Waals surface area contributed by atoms with E-state index in [2.05, 4.69) is 5.32 Å². The van der Waals surface area contributed by atoms with Gasteiger partial charge in [-0.25, -0.2) is 4.79 Å². The zero-order chi connectivity index (χ0) is 19.5. The number of fused-ring (bicyclic) bond motifs is 4. The number of hydrogen-bond donors (Lipinski definition) is 1. The van der Waals surface area contributed by atoms with Crippen LogP contribution in [-0.4, -0.2) is 30.8 Å². The van der Waals surface area contributed by atoms with Gasteiger partial charge in [0.2, 0.25) is 0 Å². The second kappa shape index (κ2) is 7.94. The fraction of sp³-hybridized carbons (Fsp3) is 0.318. The molecule has 2 aromatic carbocycles. The summed E-state index contributed by atoms with van der Waals surface area (Å²) in [6, 6.07) is 16.8. The van der Waals surface area contributed by atoms with Crippen LogP contribution in [0.1, 0.15) is 34.0 Å². The molecule has 2 heterocycles. The average Bonchev–Trinajstić information content (AvgIpc) is 3.05. The maximum Gasteiger partial charge on any atom is 0.407 e. The molecule has 0 saturated carbocycles. The van der Waals surface area contributed by atoms with Crippen LogP contribution in [0, 0.1) is 11.8 Å². The van der Waals surface area contributed by atoms with E-state index in [0.29, 0.717) is 5.56 Å². The van der Waals surface area contributed by atoms with Gasteiger partial charge in [0.15, 0.2) is 5.78 Å². The standard InChI is InChI=1S/C22H21NO5/c24-11-10-17-18(12-23-22(26)27-13-14-6-2-1-3-7-14)20-16-9-5-4-8-15(16)19(25)21(17)28-20/h1-9,11,17-18,20-21H,10,12-13H2,(H,23,26)/t17-,18-,20+,21+/m1/s1. The Morgan fingerprint density at radius 2 is 1.79 bits per heavy atom. The number of ketones is 1. The van der Waals surface area contributed by atoms with Crippen LogP contribution >= 0.6 is 0 Å². The van der Waals surface area contributed by atoms with Gasteiger partial charge in [-0.2, -0.15) is 0 Å². The fourth-order valence-corrected chi connectivity index (χ4v) is 4.13. The molecule has 0 aromatic heterocycles. The van der Waals surface area contributed by atoms with Gasteiger partial charge >= 0.3 is 6.09 Å². The second-order valence-electron chi connectivity index (χ2n) is 7.10. The van der Waals surface area contributed by atoms with Crippen molar-refractivity contribution in [2.75, 3.05) is 6.54 Å². The monoisotopic (exact) mass is 379 g/mol. The molecule has 144 valence electrons. The Bertz CT molecular complexity index is 882. The first-order valence-electron chi connectivity index (χ1n) is 9.36. The molecule has 28 heavy (non-hydrogen) atoms. The molecule has 2 aromatic rings. The summed E-state index contributed by atoms with van der Waals surface area (Å²) >= 11 is 0. The van der Waals surface area contributed by atoms with Crippen molar-refractivity contribution < 1.29 is 23.9 Å². The van der Waals surface area contributed by atoms with E-state index in [0.717, 1.165) is 17.4 Å². The molecule has 4 atom stereocenters. The van der Waals surface area contributed by atoms with Crippen molar-refractivity contribution in [3.8, 4) is 0 Å². The molecule has 0 aliphatic carbocycles. The third-order valence-electron chi connectivity index (χ3n) is 5.48. The highest BCUT2D eigenvalue weighted by atomic mass is 16.5. The molecule has 4 rings (SSSR count). The Labute approximate surface area is 162 Å². The van der Waals surface area contributed by atoms with Crippen LogP contribution < -0.4 is 5.32 Å². The van der Waals surface area contributed by atoms with Crippen LogP contribution in [0.25, 0.3) is 0 Å². The minimum atomic E-state index is -0.641. The summed E-state index contributed by atoms with van der Waals surface area (Å²) in [6.45, 7) is 0.452. The van der Waals surface area contributed by atoms with Gasteiger partial charge in [-0.1, -0.05) is 54.6 Å². The zero-order valence-electron chi connectivity index (χ0n) is 15.2. The number of alkyl carbamates (subject to hydrolysis) is 1. The highest BCUT2D eigenvalue weighted by molar-refractivity contribution is 6.02. The van der Waals surface area contributed by atoms with E-state index in [1.165, 1.54) is 0 Å². The molecule has 0 spiro atoms. The summed E-state index contributed by atoms with van der Waals surface area (Å²) in [4.78, 5) is 36.1.